The van der Waals surface area contributed by atoms with Crippen molar-refractivity contribution in [2.24, 2.45) is 0 Å². The topological polar surface area (TPSA) is 58.6 Å². The van der Waals surface area contributed by atoms with Crippen molar-refractivity contribution in [3.63, 3.8) is 0 Å². The van der Waals surface area contributed by atoms with E-state index < -0.39 is 0 Å². The first-order valence-corrected chi connectivity index (χ1v) is 11.6. The highest BCUT2D eigenvalue weighted by Crippen LogP contribution is 2.37. The SMILES string of the molecule is [C-]#[N+]c1cccc2c1CCCC2CN1CCN(C(=O)Cc2ccc(-n3cncn3)cc2)CC1. The van der Waals surface area contributed by atoms with Crippen molar-refractivity contribution in [1.82, 2.24) is 24.6 Å². The van der Waals surface area contributed by atoms with Gasteiger partial charge in [0.25, 0.3) is 0 Å². The van der Waals surface area contributed by atoms with Crippen LogP contribution in [0.4, 0.5) is 5.69 Å². The molecule has 0 radical (unpaired) electrons. The molecule has 1 fully saturated rings. The van der Waals surface area contributed by atoms with E-state index >= 15 is 0 Å². The summed E-state index contributed by atoms with van der Waals surface area (Å²) in [6, 6.07) is 14.1. The molecule has 7 nitrogen and oxygen atoms in total. The van der Waals surface area contributed by atoms with Gasteiger partial charge < -0.3 is 4.90 Å². The van der Waals surface area contributed by atoms with Gasteiger partial charge in [-0.1, -0.05) is 35.9 Å². The number of carbonyl (C=O) groups is 1. The summed E-state index contributed by atoms with van der Waals surface area (Å²) in [5.74, 6) is 0.675. The molecule has 0 saturated carbocycles. The van der Waals surface area contributed by atoms with Gasteiger partial charge in [0, 0.05) is 32.7 Å². The molecule has 2 aromatic carbocycles. The van der Waals surface area contributed by atoms with Crippen LogP contribution in [-0.2, 0) is 17.6 Å². The first-order valence-electron chi connectivity index (χ1n) is 11.6. The zero-order valence-corrected chi connectivity index (χ0v) is 18.7. The van der Waals surface area contributed by atoms with Crippen LogP contribution in [0.5, 0.6) is 0 Å². The lowest BCUT2D eigenvalue weighted by molar-refractivity contribution is -0.132. The van der Waals surface area contributed by atoms with E-state index in [2.05, 4.69) is 25.9 Å². The first-order chi connectivity index (χ1) is 16.2. The molecule has 0 bridgehead atoms. The minimum absolute atomic E-state index is 0.188. The van der Waals surface area contributed by atoms with Gasteiger partial charge in [-0.15, -0.1) is 0 Å². The molecular formula is C26H28N6O. The molecule has 1 saturated heterocycles. The molecule has 0 N–H and O–H groups in total. The Labute approximate surface area is 194 Å². The lowest BCUT2D eigenvalue weighted by atomic mass is 9.81. The predicted molar refractivity (Wildman–Crippen MR) is 126 cm³/mol. The fourth-order valence-electron chi connectivity index (χ4n) is 5.11. The maximum Gasteiger partial charge on any atom is 0.227 e. The zero-order chi connectivity index (χ0) is 22.6. The third-order valence-electron chi connectivity index (χ3n) is 6.91. The van der Waals surface area contributed by atoms with E-state index in [-0.39, 0.29) is 5.91 Å². The molecule has 33 heavy (non-hydrogen) atoms. The Bertz CT molecular complexity index is 1140. The normalized spacial score (nSPS) is 18.5. The molecule has 1 aliphatic carbocycles. The second-order valence-corrected chi connectivity index (χ2v) is 8.91. The van der Waals surface area contributed by atoms with Crippen molar-refractivity contribution < 1.29 is 4.79 Å². The van der Waals surface area contributed by atoms with Crippen LogP contribution in [0.1, 0.15) is 35.4 Å². The number of nitrogens with zero attached hydrogens (tertiary/aromatic N) is 6. The Morgan fingerprint density at radius 3 is 2.64 bits per heavy atom. The maximum atomic E-state index is 12.9. The monoisotopic (exact) mass is 440 g/mol. The molecule has 1 unspecified atom stereocenters. The van der Waals surface area contributed by atoms with Gasteiger partial charge in [0.1, 0.15) is 12.7 Å². The average Bonchev–Trinajstić information content (AvgIpc) is 3.40. The maximum absolute atomic E-state index is 12.9. The van der Waals surface area contributed by atoms with E-state index in [1.165, 1.54) is 23.9 Å². The van der Waals surface area contributed by atoms with Gasteiger partial charge >= 0.3 is 0 Å². The van der Waals surface area contributed by atoms with Crippen molar-refractivity contribution in [3.05, 3.63) is 83.2 Å². The molecule has 7 heteroatoms. The quantitative estimate of drug-likeness (QED) is 0.569. The van der Waals surface area contributed by atoms with E-state index in [0.717, 1.165) is 62.5 Å². The lowest BCUT2D eigenvalue weighted by Crippen LogP contribution is -2.50. The minimum Gasteiger partial charge on any atom is -0.340 e. The molecule has 2 heterocycles. The molecule has 1 atom stereocenters. The standard InChI is InChI=1S/C26H28N6O/c1-27-25-7-3-5-23-21(4-2-6-24(23)25)17-30-12-14-31(15-13-30)26(33)16-20-8-10-22(11-9-20)32-19-28-18-29-32/h3,5,7-11,18-19,21H,2,4,6,12-17H2. The second-order valence-electron chi connectivity index (χ2n) is 8.91. The highest BCUT2D eigenvalue weighted by atomic mass is 16.2. The Morgan fingerprint density at radius 1 is 1.09 bits per heavy atom. The number of carbonyl (C=O) groups excluding carboxylic acids is 1. The molecular weight excluding hydrogens is 412 g/mol. The van der Waals surface area contributed by atoms with Crippen LogP contribution in [0, 0.1) is 6.57 Å². The fraction of sp³-hybridized carbons (Fsp3) is 0.385. The van der Waals surface area contributed by atoms with Crippen molar-refractivity contribution in [3.8, 4) is 5.69 Å². The van der Waals surface area contributed by atoms with E-state index in [0.29, 0.717) is 12.3 Å². The van der Waals surface area contributed by atoms with Crippen molar-refractivity contribution >= 4 is 11.6 Å². The van der Waals surface area contributed by atoms with Crippen molar-refractivity contribution in [1.29, 1.82) is 0 Å². The van der Waals surface area contributed by atoms with Gasteiger partial charge in [0.15, 0.2) is 5.69 Å². The Morgan fingerprint density at radius 2 is 1.91 bits per heavy atom. The number of amides is 1. The smallest absolute Gasteiger partial charge is 0.227 e. The predicted octanol–water partition coefficient (Wildman–Crippen LogP) is 3.62. The first kappa shape index (κ1) is 21.4. The second kappa shape index (κ2) is 9.55. The highest BCUT2D eigenvalue weighted by molar-refractivity contribution is 5.79. The van der Waals surface area contributed by atoms with Crippen LogP contribution in [-0.4, -0.2) is 63.2 Å². The molecule has 1 aliphatic heterocycles. The third kappa shape index (κ3) is 4.67. The fourth-order valence-corrected chi connectivity index (χ4v) is 5.11. The van der Waals surface area contributed by atoms with Gasteiger partial charge in [0.05, 0.1) is 18.7 Å². The number of hydrogen-bond acceptors (Lipinski definition) is 4. The van der Waals surface area contributed by atoms with Gasteiger partial charge in [-0.25, -0.2) is 14.5 Å². The van der Waals surface area contributed by atoms with Crippen LogP contribution < -0.4 is 0 Å². The van der Waals surface area contributed by atoms with Gasteiger partial charge in [-0.2, -0.15) is 5.10 Å². The van der Waals surface area contributed by atoms with Gasteiger partial charge in [-0.3, -0.25) is 9.69 Å². The zero-order valence-electron chi connectivity index (χ0n) is 18.7. The van der Waals surface area contributed by atoms with Gasteiger partial charge in [0.2, 0.25) is 5.91 Å². The van der Waals surface area contributed by atoms with Gasteiger partial charge in [-0.05, 0) is 48.4 Å². The molecule has 0 spiro atoms. The molecule has 168 valence electrons. The Kier molecular flexibility index (Phi) is 6.18. The van der Waals surface area contributed by atoms with Crippen molar-refractivity contribution in [2.75, 3.05) is 32.7 Å². The van der Waals surface area contributed by atoms with E-state index in [1.54, 1.807) is 11.0 Å². The number of benzene rings is 2. The van der Waals surface area contributed by atoms with Crippen LogP contribution in [0.25, 0.3) is 10.5 Å². The summed E-state index contributed by atoms with van der Waals surface area (Å²) in [6.07, 6.45) is 6.94. The number of hydrogen-bond donors (Lipinski definition) is 0. The molecule has 5 rings (SSSR count). The molecule has 2 aliphatic rings. The molecule has 1 aromatic heterocycles. The molecule has 1 amide bonds. The van der Waals surface area contributed by atoms with E-state index in [4.69, 9.17) is 6.57 Å². The van der Waals surface area contributed by atoms with Crippen LogP contribution in [0.3, 0.4) is 0 Å². The summed E-state index contributed by atoms with van der Waals surface area (Å²) in [5, 5.41) is 4.13. The molecule has 3 aromatic rings. The lowest BCUT2D eigenvalue weighted by Gasteiger charge is -2.38. The van der Waals surface area contributed by atoms with Crippen LogP contribution >= 0.6 is 0 Å². The van der Waals surface area contributed by atoms with Crippen LogP contribution in [0.2, 0.25) is 0 Å². The highest BCUT2D eigenvalue weighted by Gasteiger charge is 2.27. The third-order valence-corrected chi connectivity index (χ3v) is 6.91. The largest absolute Gasteiger partial charge is 0.340 e. The number of piperazine rings is 1. The summed E-state index contributed by atoms with van der Waals surface area (Å²) in [4.78, 5) is 25.0. The summed E-state index contributed by atoms with van der Waals surface area (Å²) >= 11 is 0. The van der Waals surface area contributed by atoms with Crippen LogP contribution in [0.15, 0.2) is 55.1 Å². The summed E-state index contributed by atoms with van der Waals surface area (Å²) < 4.78 is 1.71. The van der Waals surface area contributed by atoms with Crippen molar-refractivity contribution in [2.45, 2.75) is 31.6 Å². The van der Waals surface area contributed by atoms with E-state index in [9.17, 15) is 4.79 Å². The summed E-state index contributed by atoms with van der Waals surface area (Å²) in [5.41, 5.74) is 5.39. The average molecular weight is 441 g/mol. The minimum atomic E-state index is 0.188. The summed E-state index contributed by atoms with van der Waals surface area (Å²) in [7, 11) is 0. The Hall–Kier alpha value is -3.50. The van der Waals surface area contributed by atoms with E-state index in [1.807, 2.05) is 41.3 Å². The number of aromatic nitrogens is 3. The summed E-state index contributed by atoms with van der Waals surface area (Å²) in [6.45, 7) is 11.8. The Balaban J connectivity index is 1.14. The number of rotatable bonds is 5. The number of fused-ring (bicyclic) bond motifs is 1.